The van der Waals surface area contributed by atoms with Gasteiger partial charge < -0.3 is 42.1 Å². The van der Waals surface area contributed by atoms with Crippen LogP contribution in [-0.4, -0.2) is 30.3 Å². The lowest BCUT2D eigenvalue weighted by molar-refractivity contribution is 0.283. The summed E-state index contributed by atoms with van der Waals surface area (Å²) in [4.78, 5) is 12.9. The van der Waals surface area contributed by atoms with Gasteiger partial charge in [-0.25, -0.2) is 28.1 Å². The highest BCUT2D eigenvalue weighted by Crippen LogP contribution is 2.52. The largest absolute Gasteiger partial charge is 0.647 e. The zero-order valence-corrected chi connectivity index (χ0v) is 32.5. The van der Waals surface area contributed by atoms with Crippen LogP contribution in [0.25, 0.3) is 85.9 Å². The van der Waals surface area contributed by atoms with Crippen molar-refractivity contribution >= 4 is 59.3 Å². The van der Waals surface area contributed by atoms with Crippen molar-refractivity contribution in [3.63, 3.8) is 0 Å². The summed E-state index contributed by atoms with van der Waals surface area (Å²) in [6.45, 7) is 11.1. The van der Waals surface area contributed by atoms with E-state index in [4.69, 9.17) is 26.8 Å². The number of rotatable bonds is 12. The molecule has 0 aliphatic carbocycles. The molecule has 0 aliphatic rings. The van der Waals surface area contributed by atoms with E-state index in [0.29, 0.717) is 16.7 Å². The van der Waals surface area contributed by atoms with Gasteiger partial charge in [-0.2, -0.15) is 4.57 Å². The molecular formula is C45H27F3N3O10P. The van der Waals surface area contributed by atoms with Crippen LogP contribution >= 0.6 is 7.82 Å². The lowest BCUT2D eigenvalue weighted by Crippen LogP contribution is -2.10. The van der Waals surface area contributed by atoms with Crippen LogP contribution in [0.5, 0.6) is 34.5 Å². The number of oxazole rings is 3. The molecular weight excluding hydrogens is 830 g/mol. The topological polar surface area (TPSA) is 184 Å². The first-order valence-electron chi connectivity index (χ1n) is 18.2. The first-order valence-corrected chi connectivity index (χ1v) is 19.6. The molecule has 62 heavy (non-hydrogen) atoms. The molecule has 0 bridgehead atoms. The minimum atomic E-state index is -5.30. The fourth-order valence-electron chi connectivity index (χ4n) is 6.50. The van der Waals surface area contributed by atoms with Gasteiger partial charge in [0.25, 0.3) is 0 Å². The van der Waals surface area contributed by atoms with Crippen LogP contribution in [0, 0.1) is 17.5 Å². The molecule has 0 radical (unpaired) electrons. The number of phenols is 3. The number of hydrogen-bond donors (Lipinski definition) is 3. The molecule has 0 atom stereocenters. The molecule has 9 aromatic rings. The number of halogens is 3. The monoisotopic (exact) mass is 857 g/mol. The summed E-state index contributed by atoms with van der Waals surface area (Å²) in [5, 5.41) is 30.2. The molecule has 3 N–H and O–H groups in total. The molecule has 0 aliphatic heterocycles. The molecule has 6 aromatic carbocycles. The Bertz CT molecular complexity index is 3030. The Morgan fingerprint density at radius 1 is 0.484 bits per heavy atom. The number of benzene rings is 6. The zero-order valence-electron chi connectivity index (χ0n) is 31.6. The van der Waals surface area contributed by atoms with E-state index in [1.807, 2.05) is 0 Å². The maximum atomic E-state index is 15.9. The molecule has 3 heterocycles. The molecule has 3 aromatic heterocycles. The third kappa shape index (κ3) is 7.24. The zero-order chi connectivity index (χ0) is 43.4. The van der Waals surface area contributed by atoms with Crippen LogP contribution in [-0.2, 0) is 4.57 Å². The molecule has 0 spiro atoms. The number of phosphoric acid groups is 1. The van der Waals surface area contributed by atoms with E-state index in [0.717, 1.165) is 36.4 Å². The Morgan fingerprint density at radius 2 is 0.774 bits per heavy atom. The molecule has 13 nitrogen and oxygen atoms in total. The second-order valence-electron chi connectivity index (χ2n) is 13.5. The van der Waals surface area contributed by atoms with Crippen molar-refractivity contribution in [2.75, 3.05) is 0 Å². The quantitative estimate of drug-likeness (QED) is 0.0987. The second kappa shape index (κ2) is 15.1. The van der Waals surface area contributed by atoms with Crippen LogP contribution in [0.2, 0.25) is 0 Å². The van der Waals surface area contributed by atoms with Gasteiger partial charge in [-0.05, 0) is 72.8 Å². The number of phosphoric ester groups is 1. The van der Waals surface area contributed by atoms with E-state index < -0.39 is 42.5 Å². The van der Waals surface area contributed by atoms with Gasteiger partial charge in [0, 0.05) is 51.6 Å². The Morgan fingerprint density at radius 3 is 1.03 bits per heavy atom. The van der Waals surface area contributed by atoms with Gasteiger partial charge >= 0.3 is 7.82 Å². The maximum absolute atomic E-state index is 15.9. The van der Waals surface area contributed by atoms with E-state index in [2.05, 4.69) is 34.7 Å². The summed E-state index contributed by atoms with van der Waals surface area (Å²) < 4.78 is 96.2. The molecule has 0 amide bonds. The van der Waals surface area contributed by atoms with Crippen LogP contribution in [0.4, 0.5) is 13.2 Å². The van der Waals surface area contributed by atoms with Gasteiger partial charge in [0.1, 0.15) is 33.8 Å². The van der Waals surface area contributed by atoms with Gasteiger partial charge in [0.05, 0.1) is 0 Å². The SMILES string of the molecule is C=Cc1cc(O)cc2nc(-c3ccc(OP(=O)(Oc4ccc(-c5nc6cc(O)cc(C=C)c6o5)cc4F)Oc4ccc(-c5nc6cc(O)cc(C=C)c6o5)cc4F)c(F)c3)oc12. The number of aromatic hydroxyl groups is 3. The average Bonchev–Trinajstić information content (AvgIpc) is 3.99. The summed E-state index contributed by atoms with van der Waals surface area (Å²) in [6.07, 6.45) is 4.34. The summed E-state index contributed by atoms with van der Waals surface area (Å²) >= 11 is 0. The third-order valence-corrected chi connectivity index (χ3v) is 10.6. The summed E-state index contributed by atoms with van der Waals surface area (Å²) in [6, 6.07) is 18.2. The molecule has 9 rings (SSSR count). The number of aromatic nitrogens is 3. The van der Waals surface area contributed by atoms with Crippen molar-refractivity contribution < 1.29 is 59.9 Å². The fourth-order valence-corrected chi connectivity index (χ4v) is 7.77. The number of phenolic OH excluding ortho intramolecular Hbond substituents is 3. The van der Waals surface area contributed by atoms with Gasteiger partial charge in [-0.3, -0.25) is 0 Å². The summed E-state index contributed by atoms with van der Waals surface area (Å²) in [5.41, 5.74) is 3.20. The lowest BCUT2D eigenvalue weighted by Gasteiger charge is -2.20. The van der Waals surface area contributed by atoms with Crippen molar-refractivity contribution in [3.05, 3.63) is 145 Å². The summed E-state index contributed by atoms with van der Waals surface area (Å²) in [5.74, 6) is -5.97. The van der Waals surface area contributed by atoms with E-state index in [1.165, 1.54) is 72.8 Å². The van der Waals surface area contributed by atoms with Gasteiger partial charge in [0.15, 0.2) is 51.4 Å². The molecule has 308 valence electrons. The molecule has 0 saturated heterocycles. The Hall–Kier alpha value is -8.23. The van der Waals surface area contributed by atoms with E-state index >= 15 is 13.2 Å². The fraction of sp³-hybridized carbons (Fsp3) is 0. The van der Waals surface area contributed by atoms with Crippen molar-refractivity contribution in [1.82, 2.24) is 15.0 Å². The number of hydrogen-bond acceptors (Lipinski definition) is 13. The predicted molar refractivity (Wildman–Crippen MR) is 223 cm³/mol. The Kier molecular flexibility index (Phi) is 9.56. The van der Waals surface area contributed by atoms with E-state index in [1.54, 1.807) is 0 Å². The van der Waals surface area contributed by atoms with E-state index in [9.17, 15) is 19.9 Å². The lowest BCUT2D eigenvalue weighted by atomic mass is 10.2. The first-order chi connectivity index (χ1) is 29.8. The van der Waals surface area contributed by atoms with Gasteiger partial charge in [0.2, 0.25) is 17.7 Å². The van der Waals surface area contributed by atoms with Crippen LogP contribution in [0.15, 0.2) is 124 Å². The van der Waals surface area contributed by atoms with E-state index in [-0.39, 0.29) is 84.9 Å². The Balaban J connectivity index is 1.06. The average molecular weight is 858 g/mol. The maximum Gasteiger partial charge on any atom is 0.647 e. The van der Waals surface area contributed by atoms with Gasteiger partial charge in [-0.15, -0.1) is 0 Å². The van der Waals surface area contributed by atoms with Crippen molar-refractivity contribution in [2.24, 2.45) is 0 Å². The van der Waals surface area contributed by atoms with Crippen molar-refractivity contribution in [1.29, 1.82) is 0 Å². The van der Waals surface area contributed by atoms with Crippen molar-refractivity contribution in [2.45, 2.75) is 0 Å². The van der Waals surface area contributed by atoms with Gasteiger partial charge in [-0.1, -0.05) is 38.0 Å². The van der Waals surface area contributed by atoms with Crippen LogP contribution in [0.1, 0.15) is 16.7 Å². The van der Waals surface area contributed by atoms with Crippen molar-refractivity contribution in [3.8, 4) is 68.9 Å². The summed E-state index contributed by atoms with van der Waals surface area (Å²) in [7, 11) is -5.30. The molecule has 0 saturated carbocycles. The molecule has 0 unspecified atom stereocenters. The number of nitrogens with zero attached hydrogens (tertiary/aromatic N) is 3. The standard InChI is InChI=1S/C45H27F3N3O10P/c1-4-22-13-28(52)19-34-40(22)56-43(49-34)25-7-10-37(31(46)16-25)59-62(55,60-38-11-8-26(17-32(38)47)44-50-35-20-29(53)14-23(5-2)41(35)57-44)61-39-12-9-27(18-33(39)48)45-51-36-21-30(54)15-24(6-3)42(36)58-45/h4-21,52-54H,1-3H2. The highest BCUT2D eigenvalue weighted by atomic mass is 31.2. The van der Waals surface area contributed by atoms with Crippen LogP contribution < -0.4 is 13.6 Å². The Labute approximate surface area is 347 Å². The smallest absolute Gasteiger partial charge is 0.508 e. The highest BCUT2D eigenvalue weighted by Gasteiger charge is 2.37. The van der Waals surface area contributed by atoms with Crippen LogP contribution in [0.3, 0.4) is 0 Å². The molecule has 0 fully saturated rings. The number of fused-ring (bicyclic) bond motifs is 3. The minimum absolute atomic E-state index is 0.0490. The highest BCUT2D eigenvalue weighted by molar-refractivity contribution is 7.49. The first kappa shape index (κ1) is 39.2. The second-order valence-corrected chi connectivity index (χ2v) is 14.9. The normalized spacial score (nSPS) is 11.6. The predicted octanol–water partition coefficient (Wildman–Crippen LogP) is 12.2. The minimum Gasteiger partial charge on any atom is -0.508 e. The molecule has 17 heteroatoms. The third-order valence-electron chi connectivity index (χ3n) is 9.34.